The number of aliphatic carboxylic acids is 1. The van der Waals surface area contributed by atoms with Gasteiger partial charge in [-0.15, -0.1) is 0 Å². The lowest BCUT2D eigenvalue weighted by atomic mass is 9.94. The van der Waals surface area contributed by atoms with E-state index in [9.17, 15) is 19.8 Å². The van der Waals surface area contributed by atoms with Crippen molar-refractivity contribution in [3.63, 3.8) is 0 Å². The Morgan fingerprint density at radius 2 is 2.24 bits per heavy atom. The number of phenols is 1. The fourth-order valence-electron chi connectivity index (χ4n) is 2.03. The third-order valence-electron chi connectivity index (χ3n) is 2.89. The highest BCUT2D eigenvalue weighted by Crippen LogP contribution is 2.23. The zero-order valence-corrected chi connectivity index (χ0v) is 9.10. The van der Waals surface area contributed by atoms with Crippen LogP contribution in [0.3, 0.4) is 0 Å². The second-order valence-corrected chi connectivity index (χ2v) is 4.15. The van der Waals surface area contributed by atoms with E-state index in [2.05, 4.69) is 5.32 Å². The van der Waals surface area contributed by atoms with E-state index in [4.69, 9.17) is 0 Å². The molecule has 1 aromatic carbocycles. The van der Waals surface area contributed by atoms with Gasteiger partial charge in [-0.3, -0.25) is 4.79 Å². The molecule has 1 aliphatic heterocycles. The topological polar surface area (TPSA) is 89.5 Å². The highest BCUT2D eigenvalue weighted by atomic mass is 16.4. The number of hydrogen-bond donors (Lipinski definition) is 2. The number of fused-ring (bicyclic) bond motifs is 1. The minimum atomic E-state index is -1.23. The first-order valence-electron chi connectivity index (χ1n) is 5.34. The number of aromatic hydroxyl groups is 1. The molecule has 5 heteroatoms. The van der Waals surface area contributed by atoms with Gasteiger partial charge in [-0.2, -0.15) is 0 Å². The molecule has 1 heterocycles. The van der Waals surface area contributed by atoms with Crippen molar-refractivity contribution in [2.24, 2.45) is 5.92 Å². The van der Waals surface area contributed by atoms with Crippen molar-refractivity contribution in [1.82, 2.24) is 5.32 Å². The van der Waals surface area contributed by atoms with E-state index < -0.39 is 11.9 Å². The van der Waals surface area contributed by atoms with Gasteiger partial charge in [0.15, 0.2) is 0 Å². The summed E-state index contributed by atoms with van der Waals surface area (Å²) in [5.41, 5.74) is 1.70. The maximum absolute atomic E-state index is 11.6. The predicted octanol–water partition coefficient (Wildman–Crippen LogP) is -0.679. The highest BCUT2D eigenvalue weighted by molar-refractivity contribution is 5.83. The van der Waals surface area contributed by atoms with E-state index in [1.807, 2.05) is 0 Å². The van der Waals surface area contributed by atoms with Crippen LogP contribution in [0.2, 0.25) is 0 Å². The molecule has 1 aliphatic rings. The molecule has 1 aromatic rings. The van der Waals surface area contributed by atoms with Crippen molar-refractivity contribution < 1.29 is 19.8 Å². The molecule has 0 bridgehead atoms. The second kappa shape index (κ2) is 4.45. The van der Waals surface area contributed by atoms with Gasteiger partial charge in [0.1, 0.15) is 5.75 Å². The molecule has 90 valence electrons. The molecule has 0 saturated heterocycles. The minimum absolute atomic E-state index is 0.136. The van der Waals surface area contributed by atoms with Crippen molar-refractivity contribution in [2.45, 2.75) is 19.4 Å². The van der Waals surface area contributed by atoms with E-state index in [0.717, 1.165) is 11.1 Å². The lowest BCUT2D eigenvalue weighted by Crippen LogP contribution is -2.34. The molecular formula is C12H12NO4-. The van der Waals surface area contributed by atoms with Crippen molar-refractivity contribution in [3.05, 3.63) is 29.3 Å². The van der Waals surface area contributed by atoms with Crippen LogP contribution in [-0.4, -0.2) is 17.0 Å². The van der Waals surface area contributed by atoms with Gasteiger partial charge >= 0.3 is 0 Å². The Bertz CT molecular complexity index is 470. The summed E-state index contributed by atoms with van der Waals surface area (Å²) >= 11 is 0. The lowest BCUT2D eigenvalue weighted by Gasteiger charge is -2.13. The van der Waals surface area contributed by atoms with Gasteiger partial charge in [0.25, 0.3) is 0 Å². The molecule has 0 aromatic heterocycles. The third kappa shape index (κ3) is 2.55. The Kier molecular flexibility index (Phi) is 2.99. The van der Waals surface area contributed by atoms with E-state index >= 15 is 0 Å². The number of carboxylic acid groups (broad SMARTS) is 1. The Morgan fingerprint density at radius 3 is 2.94 bits per heavy atom. The van der Waals surface area contributed by atoms with Gasteiger partial charge < -0.3 is 20.3 Å². The summed E-state index contributed by atoms with van der Waals surface area (Å²) in [4.78, 5) is 22.2. The number of amides is 1. The first kappa shape index (κ1) is 11.4. The van der Waals surface area contributed by atoms with E-state index in [0.29, 0.717) is 13.0 Å². The van der Waals surface area contributed by atoms with Crippen molar-refractivity contribution >= 4 is 11.9 Å². The van der Waals surface area contributed by atoms with Crippen LogP contribution < -0.4 is 10.4 Å². The highest BCUT2D eigenvalue weighted by Gasteiger charge is 2.23. The predicted molar refractivity (Wildman–Crippen MR) is 56.8 cm³/mol. The molecule has 1 unspecified atom stereocenters. The standard InChI is InChI=1S/C12H13NO4/c14-10-2-1-7-3-8(5-11(15)16)12(17)13-6-9(7)4-10/h1-2,4,8,14H,3,5-6H2,(H,13,17)(H,15,16)/p-1. The number of nitrogens with one attached hydrogen (secondary N) is 1. The van der Waals surface area contributed by atoms with Crippen molar-refractivity contribution in [1.29, 1.82) is 0 Å². The zero-order valence-electron chi connectivity index (χ0n) is 9.10. The largest absolute Gasteiger partial charge is 0.550 e. The molecule has 5 nitrogen and oxygen atoms in total. The Morgan fingerprint density at radius 1 is 1.47 bits per heavy atom. The first-order chi connectivity index (χ1) is 8.06. The number of benzene rings is 1. The molecule has 17 heavy (non-hydrogen) atoms. The monoisotopic (exact) mass is 234 g/mol. The summed E-state index contributed by atoms with van der Waals surface area (Å²) in [7, 11) is 0. The summed E-state index contributed by atoms with van der Waals surface area (Å²) in [6, 6.07) is 4.83. The van der Waals surface area contributed by atoms with Gasteiger partial charge in [0.05, 0.1) is 0 Å². The zero-order chi connectivity index (χ0) is 12.4. The molecule has 0 fully saturated rings. The molecule has 1 amide bonds. The van der Waals surface area contributed by atoms with Gasteiger partial charge in [0.2, 0.25) is 5.91 Å². The van der Waals surface area contributed by atoms with Gasteiger partial charge in [0, 0.05) is 18.4 Å². The van der Waals surface area contributed by atoms with E-state index in [1.54, 1.807) is 12.1 Å². The molecule has 0 radical (unpaired) electrons. The van der Waals surface area contributed by atoms with Crippen LogP contribution >= 0.6 is 0 Å². The van der Waals surface area contributed by atoms with Crippen LogP contribution in [0.5, 0.6) is 5.75 Å². The number of phenolic OH excluding ortho intramolecular Hbond substituents is 1. The SMILES string of the molecule is O=C([O-])CC1Cc2ccc(O)cc2CNC1=O. The van der Waals surface area contributed by atoms with Crippen LogP contribution in [0.25, 0.3) is 0 Å². The molecule has 0 spiro atoms. The van der Waals surface area contributed by atoms with Crippen LogP contribution in [0, 0.1) is 5.92 Å². The van der Waals surface area contributed by atoms with Crippen LogP contribution in [0.15, 0.2) is 18.2 Å². The van der Waals surface area contributed by atoms with Gasteiger partial charge in [-0.05, 0) is 36.1 Å². The van der Waals surface area contributed by atoms with Gasteiger partial charge in [-0.25, -0.2) is 0 Å². The quantitative estimate of drug-likeness (QED) is 0.709. The van der Waals surface area contributed by atoms with E-state index in [-0.39, 0.29) is 18.1 Å². The average Bonchev–Trinajstić information content (AvgIpc) is 2.40. The fourth-order valence-corrected chi connectivity index (χ4v) is 2.03. The number of carbonyl (C=O) groups excluding carboxylic acids is 2. The first-order valence-corrected chi connectivity index (χ1v) is 5.34. The summed E-state index contributed by atoms with van der Waals surface area (Å²) in [5.74, 6) is -1.99. The molecule has 0 aliphatic carbocycles. The summed E-state index contributed by atoms with van der Waals surface area (Å²) < 4.78 is 0. The van der Waals surface area contributed by atoms with Crippen molar-refractivity contribution in [3.8, 4) is 5.75 Å². The number of hydrogen-bond acceptors (Lipinski definition) is 4. The lowest BCUT2D eigenvalue weighted by molar-refractivity contribution is -0.306. The molecule has 1 atom stereocenters. The molecule has 0 saturated carbocycles. The van der Waals surface area contributed by atoms with Gasteiger partial charge in [-0.1, -0.05) is 6.07 Å². The maximum atomic E-state index is 11.6. The third-order valence-corrected chi connectivity index (χ3v) is 2.89. The Labute approximate surface area is 98.1 Å². The fraction of sp³-hybridized carbons (Fsp3) is 0.333. The minimum Gasteiger partial charge on any atom is -0.550 e. The number of carboxylic acids is 1. The number of rotatable bonds is 2. The molecule has 2 N–H and O–H groups in total. The van der Waals surface area contributed by atoms with Crippen LogP contribution in [0.1, 0.15) is 17.5 Å². The normalized spacial score (nSPS) is 19.1. The van der Waals surface area contributed by atoms with Crippen LogP contribution in [0.4, 0.5) is 0 Å². The summed E-state index contributed by atoms with van der Waals surface area (Å²) in [5, 5.41) is 22.5. The second-order valence-electron chi connectivity index (χ2n) is 4.15. The maximum Gasteiger partial charge on any atom is 0.224 e. The number of carbonyl (C=O) groups is 2. The Balaban J connectivity index is 2.27. The van der Waals surface area contributed by atoms with Crippen molar-refractivity contribution in [2.75, 3.05) is 0 Å². The average molecular weight is 234 g/mol. The smallest absolute Gasteiger partial charge is 0.224 e. The van der Waals surface area contributed by atoms with E-state index in [1.165, 1.54) is 6.07 Å². The van der Waals surface area contributed by atoms with Crippen LogP contribution in [-0.2, 0) is 22.6 Å². The summed E-state index contributed by atoms with van der Waals surface area (Å²) in [6.45, 7) is 0.312. The molecule has 2 rings (SSSR count). The summed E-state index contributed by atoms with van der Waals surface area (Å²) in [6.07, 6.45) is 0.0710. The molecular weight excluding hydrogens is 222 g/mol. The Hall–Kier alpha value is -2.04.